The van der Waals surface area contributed by atoms with E-state index in [0.29, 0.717) is 12.2 Å². The van der Waals surface area contributed by atoms with Gasteiger partial charge >= 0.3 is 0 Å². The van der Waals surface area contributed by atoms with Crippen molar-refractivity contribution in [2.45, 2.75) is 19.6 Å². The summed E-state index contributed by atoms with van der Waals surface area (Å²) in [5, 5.41) is 3.01. The summed E-state index contributed by atoms with van der Waals surface area (Å²) in [6, 6.07) is 15.4. The molecule has 0 heterocycles. The van der Waals surface area contributed by atoms with Gasteiger partial charge in [-0.3, -0.25) is 4.79 Å². The molecule has 1 atom stereocenters. The number of benzene rings is 2. The molecule has 0 spiro atoms. The van der Waals surface area contributed by atoms with Crippen LogP contribution < -0.4 is 5.32 Å². The number of hydrogen-bond acceptors (Lipinski definition) is 2. The molecule has 0 aliphatic rings. The minimum Gasteiger partial charge on any atom is -0.380 e. The Morgan fingerprint density at radius 2 is 1.95 bits per heavy atom. The number of rotatable bonds is 5. The number of amides is 1. The van der Waals surface area contributed by atoms with Crippen molar-refractivity contribution < 1.29 is 9.53 Å². The fraction of sp³-hybridized carbons (Fsp3) is 0.235. The molecule has 0 radical (unpaired) electrons. The Morgan fingerprint density at radius 3 is 2.62 bits per heavy atom. The van der Waals surface area contributed by atoms with E-state index in [2.05, 4.69) is 21.2 Å². The number of halogens is 1. The number of nitrogens with one attached hydrogen (secondary N) is 1. The van der Waals surface area contributed by atoms with Crippen molar-refractivity contribution >= 4 is 21.8 Å². The SMILES string of the molecule is COCc1cccc(C(=O)NC(C)c2ccc(Br)cc2)c1. The smallest absolute Gasteiger partial charge is 0.251 e. The van der Waals surface area contributed by atoms with Crippen molar-refractivity contribution in [3.63, 3.8) is 0 Å². The van der Waals surface area contributed by atoms with Crippen LogP contribution in [0.5, 0.6) is 0 Å². The van der Waals surface area contributed by atoms with Gasteiger partial charge in [0.25, 0.3) is 5.91 Å². The van der Waals surface area contributed by atoms with E-state index in [-0.39, 0.29) is 11.9 Å². The molecule has 1 N–H and O–H groups in total. The monoisotopic (exact) mass is 347 g/mol. The Labute approximate surface area is 133 Å². The number of ether oxygens (including phenoxy) is 1. The fourth-order valence-electron chi connectivity index (χ4n) is 2.08. The number of methoxy groups -OCH3 is 1. The summed E-state index contributed by atoms with van der Waals surface area (Å²) in [6.07, 6.45) is 0. The van der Waals surface area contributed by atoms with Gasteiger partial charge in [-0.15, -0.1) is 0 Å². The molecule has 0 saturated heterocycles. The van der Waals surface area contributed by atoms with Crippen LogP contribution in [-0.4, -0.2) is 13.0 Å². The summed E-state index contributed by atoms with van der Waals surface area (Å²) in [4.78, 5) is 12.3. The first-order chi connectivity index (χ1) is 10.1. The molecule has 3 nitrogen and oxygen atoms in total. The van der Waals surface area contributed by atoms with E-state index >= 15 is 0 Å². The maximum Gasteiger partial charge on any atom is 0.251 e. The molecule has 0 bridgehead atoms. The minimum absolute atomic E-state index is 0.0447. The summed E-state index contributed by atoms with van der Waals surface area (Å²) in [5.41, 5.74) is 2.70. The van der Waals surface area contributed by atoms with Gasteiger partial charge in [0, 0.05) is 17.1 Å². The Balaban J connectivity index is 2.06. The van der Waals surface area contributed by atoms with Crippen LogP contribution in [0.15, 0.2) is 53.0 Å². The summed E-state index contributed by atoms with van der Waals surface area (Å²) in [5.74, 6) is -0.0802. The number of hydrogen-bond donors (Lipinski definition) is 1. The lowest BCUT2D eigenvalue weighted by Crippen LogP contribution is -2.26. The van der Waals surface area contributed by atoms with Crippen LogP contribution in [0.3, 0.4) is 0 Å². The van der Waals surface area contributed by atoms with Gasteiger partial charge in [-0.1, -0.05) is 40.2 Å². The maximum atomic E-state index is 12.3. The van der Waals surface area contributed by atoms with Gasteiger partial charge in [0.15, 0.2) is 0 Å². The van der Waals surface area contributed by atoms with E-state index < -0.39 is 0 Å². The van der Waals surface area contributed by atoms with Gasteiger partial charge < -0.3 is 10.1 Å². The van der Waals surface area contributed by atoms with Crippen LogP contribution in [0.25, 0.3) is 0 Å². The molecule has 21 heavy (non-hydrogen) atoms. The summed E-state index contributed by atoms with van der Waals surface area (Å²) >= 11 is 3.41. The Morgan fingerprint density at radius 1 is 1.24 bits per heavy atom. The highest BCUT2D eigenvalue weighted by Gasteiger charge is 2.11. The van der Waals surface area contributed by atoms with E-state index in [4.69, 9.17) is 4.74 Å². The summed E-state index contributed by atoms with van der Waals surface area (Å²) < 4.78 is 6.11. The minimum atomic E-state index is -0.0802. The number of carbonyl (C=O) groups is 1. The van der Waals surface area contributed by atoms with Crippen LogP contribution in [0.1, 0.15) is 34.5 Å². The largest absolute Gasteiger partial charge is 0.380 e. The lowest BCUT2D eigenvalue weighted by atomic mass is 10.1. The van der Waals surface area contributed by atoms with E-state index in [1.807, 2.05) is 55.5 Å². The molecule has 110 valence electrons. The molecule has 4 heteroatoms. The Bertz CT molecular complexity index is 610. The highest BCUT2D eigenvalue weighted by molar-refractivity contribution is 9.10. The molecular formula is C17H18BrNO2. The molecule has 0 aliphatic heterocycles. The summed E-state index contributed by atoms with van der Waals surface area (Å²) in [6.45, 7) is 2.48. The third-order valence-electron chi connectivity index (χ3n) is 3.22. The molecule has 0 aromatic heterocycles. The third kappa shape index (κ3) is 4.41. The molecule has 1 amide bonds. The molecule has 1 unspecified atom stereocenters. The van der Waals surface area contributed by atoms with Gasteiger partial charge in [-0.25, -0.2) is 0 Å². The van der Waals surface area contributed by atoms with Crippen LogP contribution in [0, 0.1) is 0 Å². The molecule has 0 fully saturated rings. The van der Waals surface area contributed by atoms with E-state index in [1.54, 1.807) is 7.11 Å². The van der Waals surface area contributed by atoms with Crippen molar-refractivity contribution in [1.82, 2.24) is 5.32 Å². The average Bonchev–Trinajstić information content (AvgIpc) is 2.48. The first kappa shape index (κ1) is 15.7. The fourth-order valence-corrected chi connectivity index (χ4v) is 2.35. The number of carbonyl (C=O) groups excluding carboxylic acids is 1. The summed E-state index contributed by atoms with van der Waals surface area (Å²) in [7, 11) is 1.64. The first-order valence-electron chi connectivity index (χ1n) is 6.74. The molecule has 2 aromatic rings. The van der Waals surface area contributed by atoms with Crippen LogP contribution in [0.2, 0.25) is 0 Å². The van der Waals surface area contributed by atoms with Crippen molar-refractivity contribution in [3.8, 4) is 0 Å². The molecule has 0 aliphatic carbocycles. The highest BCUT2D eigenvalue weighted by atomic mass is 79.9. The second-order valence-corrected chi connectivity index (χ2v) is 5.80. The predicted molar refractivity (Wildman–Crippen MR) is 87.2 cm³/mol. The lowest BCUT2D eigenvalue weighted by molar-refractivity contribution is 0.0939. The van der Waals surface area contributed by atoms with Gasteiger partial charge in [-0.2, -0.15) is 0 Å². The highest BCUT2D eigenvalue weighted by Crippen LogP contribution is 2.17. The quantitative estimate of drug-likeness (QED) is 0.884. The molecule has 0 saturated carbocycles. The van der Waals surface area contributed by atoms with Gasteiger partial charge in [-0.05, 0) is 42.3 Å². The standard InChI is InChI=1S/C17H18BrNO2/c1-12(14-6-8-16(18)9-7-14)19-17(20)15-5-3-4-13(10-15)11-21-2/h3-10,12H,11H2,1-2H3,(H,19,20). The molecule has 2 rings (SSSR count). The van der Waals surface area contributed by atoms with Gasteiger partial charge in [0.1, 0.15) is 0 Å². The molecule has 2 aromatic carbocycles. The van der Waals surface area contributed by atoms with Crippen molar-refractivity contribution in [2.24, 2.45) is 0 Å². The lowest BCUT2D eigenvalue weighted by Gasteiger charge is -2.15. The van der Waals surface area contributed by atoms with E-state index in [9.17, 15) is 4.79 Å². The van der Waals surface area contributed by atoms with Crippen molar-refractivity contribution in [3.05, 3.63) is 69.7 Å². The second kappa shape index (κ2) is 7.38. The van der Waals surface area contributed by atoms with Crippen LogP contribution >= 0.6 is 15.9 Å². The van der Waals surface area contributed by atoms with Crippen LogP contribution in [-0.2, 0) is 11.3 Å². The predicted octanol–water partition coefficient (Wildman–Crippen LogP) is 4.09. The zero-order valence-corrected chi connectivity index (χ0v) is 13.7. The first-order valence-corrected chi connectivity index (χ1v) is 7.53. The second-order valence-electron chi connectivity index (χ2n) is 4.88. The maximum absolute atomic E-state index is 12.3. The van der Waals surface area contributed by atoms with E-state index in [0.717, 1.165) is 15.6 Å². The van der Waals surface area contributed by atoms with Crippen molar-refractivity contribution in [1.29, 1.82) is 0 Å². The zero-order chi connectivity index (χ0) is 15.2. The Hall–Kier alpha value is -1.65. The third-order valence-corrected chi connectivity index (χ3v) is 3.75. The van der Waals surface area contributed by atoms with Gasteiger partial charge in [0.05, 0.1) is 12.6 Å². The van der Waals surface area contributed by atoms with Crippen LogP contribution in [0.4, 0.5) is 0 Å². The zero-order valence-electron chi connectivity index (χ0n) is 12.1. The normalized spacial score (nSPS) is 12.0. The topological polar surface area (TPSA) is 38.3 Å². The molecular weight excluding hydrogens is 330 g/mol. The van der Waals surface area contributed by atoms with E-state index in [1.165, 1.54) is 0 Å². The van der Waals surface area contributed by atoms with Gasteiger partial charge in [0.2, 0.25) is 0 Å². The average molecular weight is 348 g/mol. The van der Waals surface area contributed by atoms with Crippen molar-refractivity contribution in [2.75, 3.05) is 7.11 Å². The Kier molecular flexibility index (Phi) is 5.53.